The van der Waals surface area contributed by atoms with Crippen LogP contribution in [0.25, 0.3) is 0 Å². The van der Waals surface area contributed by atoms with Gasteiger partial charge in [0.2, 0.25) is 15.7 Å². The maximum atomic E-state index is 12.1. The van der Waals surface area contributed by atoms with E-state index in [-0.39, 0.29) is 16.9 Å². The Morgan fingerprint density at radius 3 is 2.41 bits per heavy atom. The van der Waals surface area contributed by atoms with Crippen LogP contribution < -0.4 is 10.5 Å². The molecule has 0 radical (unpaired) electrons. The number of aliphatic hydroxyl groups is 3. The second kappa shape index (κ2) is 5.10. The summed E-state index contributed by atoms with van der Waals surface area (Å²) in [6, 6.07) is -1.21. The molecule has 126 valence electrons. The van der Waals surface area contributed by atoms with E-state index in [0.29, 0.717) is 0 Å². The highest BCUT2D eigenvalue weighted by atomic mass is 32.3. The summed E-state index contributed by atoms with van der Waals surface area (Å²) in [6.45, 7) is 0.937. The average molecular weight is 374 g/mol. The van der Waals surface area contributed by atoms with Gasteiger partial charge in [-0.2, -0.15) is 0 Å². The van der Waals surface area contributed by atoms with Crippen molar-refractivity contribution in [2.75, 3.05) is 0 Å². The zero-order chi connectivity index (χ0) is 17.1. The number of fused-ring (bicyclic) bond motifs is 1. The summed E-state index contributed by atoms with van der Waals surface area (Å²) in [4.78, 5) is 0. The molecule has 13 heteroatoms. The third-order valence-electron chi connectivity index (χ3n) is 2.96. The first kappa shape index (κ1) is 17.6. The number of hydrogen-bond donors (Lipinski definition) is 6. The third kappa shape index (κ3) is 2.98. The maximum absolute atomic E-state index is 12.1. The molecule has 2 rings (SSSR count). The summed E-state index contributed by atoms with van der Waals surface area (Å²) in [5.74, 6) is -3.33. The van der Waals surface area contributed by atoms with Crippen LogP contribution in [0.15, 0.2) is 8.42 Å². The minimum Gasteiger partial charge on any atom is -0.505 e. The summed E-state index contributed by atoms with van der Waals surface area (Å²) in [5.41, 5.74) is -2.26. The largest absolute Gasteiger partial charge is 0.505 e. The van der Waals surface area contributed by atoms with Crippen molar-refractivity contribution in [1.29, 1.82) is 0 Å². The number of thiophene rings is 1. The van der Waals surface area contributed by atoms with E-state index < -0.39 is 57.8 Å². The summed E-state index contributed by atoms with van der Waals surface area (Å²) in [7, 11) is -8.67. The zero-order valence-corrected chi connectivity index (χ0v) is 13.5. The van der Waals surface area contributed by atoms with Crippen LogP contribution in [0, 0.1) is 0 Å². The maximum Gasteiger partial charge on any atom is 0.251 e. The fourth-order valence-electron chi connectivity index (χ4n) is 2.14. The first-order valence-electron chi connectivity index (χ1n) is 5.78. The zero-order valence-electron chi connectivity index (χ0n) is 11.1. The molecule has 0 aliphatic carbocycles. The molecule has 0 spiro atoms. The fraction of sp³-hybridized carbons (Fsp3) is 0.556. The Kier molecular flexibility index (Phi) is 4.07. The standard InChI is InChI=1S/C9H14N2O8S3/c1-9(14,15)11-3-2-4(12)21(16,17)7-5(3)6(13)8(20-7)22(10,18)19/h3-4,11-15H,2H2,1H3,(H2,10,18,19). The minimum atomic E-state index is -4.39. The number of aromatic hydroxyl groups is 1. The number of hydrogen-bond acceptors (Lipinski definition) is 10. The number of aliphatic hydroxyl groups excluding tert-OH is 1. The predicted octanol–water partition coefficient (Wildman–Crippen LogP) is -2.11. The molecule has 0 amide bonds. The summed E-state index contributed by atoms with van der Waals surface area (Å²) in [6.07, 6.45) is -0.513. The van der Waals surface area contributed by atoms with E-state index in [1.807, 2.05) is 0 Å². The van der Waals surface area contributed by atoms with Crippen molar-refractivity contribution in [3.63, 3.8) is 0 Å². The van der Waals surface area contributed by atoms with E-state index in [2.05, 4.69) is 5.32 Å². The van der Waals surface area contributed by atoms with Crippen molar-refractivity contribution in [3.05, 3.63) is 5.56 Å². The molecule has 2 heterocycles. The van der Waals surface area contributed by atoms with Gasteiger partial charge in [0.1, 0.15) is 4.21 Å². The van der Waals surface area contributed by atoms with E-state index in [0.717, 1.165) is 6.92 Å². The lowest BCUT2D eigenvalue weighted by molar-refractivity contribution is -0.177. The molecular weight excluding hydrogens is 360 g/mol. The highest BCUT2D eigenvalue weighted by molar-refractivity contribution is 7.95. The molecule has 1 aromatic heterocycles. The fourth-order valence-corrected chi connectivity index (χ4v) is 6.40. The SMILES string of the molecule is CC(O)(O)NC1CC(O)S(=O)(=O)c2sc(S(N)(=O)=O)c(O)c21. The smallest absolute Gasteiger partial charge is 0.251 e. The van der Waals surface area contributed by atoms with Gasteiger partial charge < -0.3 is 20.4 Å². The van der Waals surface area contributed by atoms with Crippen LogP contribution in [0.2, 0.25) is 0 Å². The Morgan fingerprint density at radius 1 is 1.41 bits per heavy atom. The van der Waals surface area contributed by atoms with Gasteiger partial charge in [-0.15, -0.1) is 11.3 Å². The van der Waals surface area contributed by atoms with Crippen LogP contribution in [-0.2, 0) is 19.9 Å². The van der Waals surface area contributed by atoms with Crippen molar-refractivity contribution in [2.45, 2.75) is 39.2 Å². The molecule has 0 aromatic carbocycles. The predicted molar refractivity (Wildman–Crippen MR) is 73.9 cm³/mol. The van der Waals surface area contributed by atoms with Gasteiger partial charge in [0.25, 0.3) is 10.0 Å². The van der Waals surface area contributed by atoms with Crippen LogP contribution in [-0.4, -0.2) is 48.6 Å². The van der Waals surface area contributed by atoms with Gasteiger partial charge in [0, 0.05) is 24.9 Å². The molecule has 0 saturated carbocycles. The van der Waals surface area contributed by atoms with Crippen LogP contribution in [0.3, 0.4) is 0 Å². The summed E-state index contributed by atoms with van der Waals surface area (Å²) in [5, 5.41) is 45.5. The van der Waals surface area contributed by atoms with Crippen molar-refractivity contribution < 1.29 is 37.3 Å². The summed E-state index contributed by atoms with van der Waals surface area (Å²) >= 11 is 0.195. The molecule has 0 bridgehead atoms. The monoisotopic (exact) mass is 374 g/mol. The Morgan fingerprint density at radius 2 is 1.95 bits per heavy atom. The molecule has 2 atom stereocenters. The van der Waals surface area contributed by atoms with Crippen molar-refractivity contribution in [2.24, 2.45) is 5.14 Å². The van der Waals surface area contributed by atoms with E-state index in [1.165, 1.54) is 0 Å². The van der Waals surface area contributed by atoms with Gasteiger partial charge in [-0.25, -0.2) is 22.0 Å². The van der Waals surface area contributed by atoms with Crippen molar-refractivity contribution >= 4 is 31.2 Å². The number of sulfone groups is 1. The lowest BCUT2D eigenvalue weighted by Gasteiger charge is -2.31. The molecule has 1 aromatic rings. The number of rotatable bonds is 3. The topological polar surface area (TPSA) is 187 Å². The molecule has 0 saturated heterocycles. The average Bonchev–Trinajstić information content (AvgIpc) is 2.63. The van der Waals surface area contributed by atoms with Crippen LogP contribution in [0.1, 0.15) is 24.9 Å². The number of nitrogens with one attached hydrogen (secondary N) is 1. The van der Waals surface area contributed by atoms with Gasteiger partial charge in [0.15, 0.2) is 15.4 Å². The molecular formula is C9H14N2O8S3. The van der Waals surface area contributed by atoms with Gasteiger partial charge in [-0.3, -0.25) is 5.32 Å². The second-order valence-corrected chi connectivity index (χ2v) is 10.0. The first-order valence-corrected chi connectivity index (χ1v) is 9.69. The second-order valence-electron chi connectivity index (χ2n) is 4.94. The number of nitrogens with two attached hydrogens (primary N) is 1. The van der Waals surface area contributed by atoms with E-state index >= 15 is 0 Å². The summed E-state index contributed by atoms with van der Waals surface area (Å²) < 4.78 is 45.6. The minimum absolute atomic E-state index is 0.195. The molecule has 1 aliphatic heterocycles. The Labute approximate surface area is 129 Å². The molecule has 7 N–H and O–H groups in total. The van der Waals surface area contributed by atoms with Crippen molar-refractivity contribution in [3.8, 4) is 5.75 Å². The van der Waals surface area contributed by atoms with Gasteiger partial charge in [0.05, 0.1) is 0 Å². The molecule has 22 heavy (non-hydrogen) atoms. The number of primary sulfonamides is 1. The van der Waals surface area contributed by atoms with Gasteiger partial charge >= 0.3 is 0 Å². The van der Waals surface area contributed by atoms with Crippen molar-refractivity contribution in [1.82, 2.24) is 5.32 Å². The first-order chi connectivity index (χ1) is 9.75. The molecule has 1 aliphatic rings. The van der Waals surface area contributed by atoms with E-state index in [9.17, 15) is 37.3 Å². The third-order valence-corrected chi connectivity index (χ3v) is 8.00. The Balaban J connectivity index is 2.73. The normalized spacial score (nSPS) is 25.0. The Hall–Kier alpha value is -0.800. The Bertz CT molecular complexity index is 805. The van der Waals surface area contributed by atoms with E-state index in [1.54, 1.807) is 0 Å². The quantitative estimate of drug-likeness (QED) is 0.322. The molecule has 10 nitrogen and oxygen atoms in total. The van der Waals surface area contributed by atoms with Crippen LogP contribution in [0.5, 0.6) is 5.75 Å². The molecule has 2 unspecified atom stereocenters. The lowest BCUT2D eigenvalue weighted by Crippen LogP contribution is -2.47. The van der Waals surface area contributed by atoms with Gasteiger partial charge in [-0.1, -0.05) is 0 Å². The van der Waals surface area contributed by atoms with Crippen LogP contribution in [0.4, 0.5) is 0 Å². The number of sulfonamides is 1. The highest BCUT2D eigenvalue weighted by Gasteiger charge is 2.45. The van der Waals surface area contributed by atoms with Gasteiger partial charge in [-0.05, 0) is 0 Å². The lowest BCUT2D eigenvalue weighted by atomic mass is 10.1. The molecule has 0 fully saturated rings. The van der Waals surface area contributed by atoms with Crippen LogP contribution >= 0.6 is 11.3 Å². The highest BCUT2D eigenvalue weighted by Crippen LogP contribution is 2.49. The van der Waals surface area contributed by atoms with E-state index in [4.69, 9.17) is 5.14 Å².